The highest BCUT2D eigenvalue weighted by Crippen LogP contribution is 1.88. The molecule has 0 atom stereocenters. The van der Waals surface area contributed by atoms with Crippen LogP contribution in [-0.4, -0.2) is 5.11 Å². The van der Waals surface area contributed by atoms with Crippen LogP contribution in [0.1, 0.15) is 20.8 Å². The van der Waals surface area contributed by atoms with Gasteiger partial charge in [-0.05, 0) is 13.0 Å². The molecule has 0 rings (SSSR count). The standard InChI is InChI=1S/C5H9NO.C2H6/c1-4(2)3-5(6)7;1-2/h3,7H,1,6H2,2H3;1-2H3/b5-3+;. The van der Waals surface area contributed by atoms with E-state index in [0.717, 1.165) is 5.57 Å². The molecule has 0 saturated carbocycles. The molecule has 2 nitrogen and oxygen atoms in total. The van der Waals surface area contributed by atoms with Gasteiger partial charge in [0.15, 0.2) is 5.88 Å². The highest BCUT2D eigenvalue weighted by Gasteiger charge is 1.76. The minimum Gasteiger partial charge on any atom is -0.495 e. The van der Waals surface area contributed by atoms with Crippen molar-refractivity contribution >= 4 is 0 Å². The Balaban J connectivity index is 0. The van der Waals surface area contributed by atoms with Crippen molar-refractivity contribution in [3.05, 3.63) is 24.1 Å². The van der Waals surface area contributed by atoms with Crippen LogP contribution in [0.15, 0.2) is 24.1 Å². The van der Waals surface area contributed by atoms with Crippen molar-refractivity contribution < 1.29 is 5.11 Å². The fraction of sp³-hybridized carbons (Fsp3) is 0.429. The Hall–Kier alpha value is -0.920. The van der Waals surface area contributed by atoms with Crippen molar-refractivity contribution in [1.82, 2.24) is 0 Å². The molecule has 0 aromatic carbocycles. The third kappa shape index (κ3) is 19.3. The van der Waals surface area contributed by atoms with Crippen LogP contribution in [0.3, 0.4) is 0 Å². The lowest BCUT2D eigenvalue weighted by molar-refractivity contribution is 0.405. The molecule has 0 heterocycles. The summed E-state index contributed by atoms with van der Waals surface area (Å²) in [6.45, 7) is 9.23. The summed E-state index contributed by atoms with van der Waals surface area (Å²) in [5, 5.41) is 8.30. The minimum absolute atomic E-state index is 0.187. The van der Waals surface area contributed by atoms with Crippen LogP contribution < -0.4 is 5.73 Å². The molecule has 0 saturated heterocycles. The van der Waals surface area contributed by atoms with E-state index in [1.54, 1.807) is 6.92 Å². The number of hydrogen-bond donors (Lipinski definition) is 2. The van der Waals surface area contributed by atoms with E-state index in [-0.39, 0.29) is 5.88 Å². The summed E-state index contributed by atoms with van der Waals surface area (Å²) < 4.78 is 0. The zero-order chi connectivity index (χ0) is 7.86. The number of nitrogens with two attached hydrogens (primary N) is 1. The van der Waals surface area contributed by atoms with Crippen molar-refractivity contribution in [3.63, 3.8) is 0 Å². The van der Waals surface area contributed by atoms with Crippen LogP contribution in [0.2, 0.25) is 0 Å². The molecule has 0 bridgehead atoms. The van der Waals surface area contributed by atoms with Crippen molar-refractivity contribution in [2.75, 3.05) is 0 Å². The molecular formula is C7H15NO. The van der Waals surface area contributed by atoms with Crippen LogP contribution >= 0.6 is 0 Å². The van der Waals surface area contributed by atoms with Crippen LogP contribution in [0.25, 0.3) is 0 Å². The predicted octanol–water partition coefficient (Wildman–Crippen LogP) is 1.95. The zero-order valence-corrected chi connectivity index (χ0v) is 6.31. The molecule has 9 heavy (non-hydrogen) atoms. The Bertz CT molecular complexity index is 101. The molecule has 0 unspecified atom stereocenters. The molecule has 0 radical (unpaired) electrons. The fourth-order valence-electron chi connectivity index (χ4n) is 0.252. The summed E-state index contributed by atoms with van der Waals surface area (Å²) in [5.41, 5.74) is 5.60. The van der Waals surface area contributed by atoms with Gasteiger partial charge in [0, 0.05) is 0 Å². The lowest BCUT2D eigenvalue weighted by Crippen LogP contribution is -1.93. The first kappa shape index (κ1) is 11.0. The quantitative estimate of drug-likeness (QED) is 0.420. The van der Waals surface area contributed by atoms with E-state index in [1.807, 2.05) is 13.8 Å². The van der Waals surface area contributed by atoms with Crippen molar-refractivity contribution in [1.29, 1.82) is 0 Å². The van der Waals surface area contributed by atoms with Gasteiger partial charge in [-0.15, -0.1) is 0 Å². The second-order valence-corrected chi connectivity index (χ2v) is 1.42. The summed E-state index contributed by atoms with van der Waals surface area (Å²) in [4.78, 5) is 0. The van der Waals surface area contributed by atoms with Gasteiger partial charge >= 0.3 is 0 Å². The molecule has 3 N–H and O–H groups in total. The summed E-state index contributed by atoms with van der Waals surface area (Å²) >= 11 is 0. The Morgan fingerprint density at radius 1 is 1.56 bits per heavy atom. The molecule has 0 fully saturated rings. The van der Waals surface area contributed by atoms with E-state index in [4.69, 9.17) is 10.8 Å². The van der Waals surface area contributed by atoms with Crippen LogP contribution in [0, 0.1) is 0 Å². The van der Waals surface area contributed by atoms with E-state index in [9.17, 15) is 0 Å². The fourth-order valence-corrected chi connectivity index (χ4v) is 0.252. The highest BCUT2D eigenvalue weighted by atomic mass is 16.3. The minimum atomic E-state index is -0.187. The summed E-state index contributed by atoms with van der Waals surface area (Å²) in [7, 11) is 0. The van der Waals surface area contributed by atoms with Gasteiger partial charge < -0.3 is 10.8 Å². The number of hydrogen-bond acceptors (Lipinski definition) is 2. The SMILES string of the molecule is C=C(C)/C=C(\N)O.CC. The number of allylic oxidation sites excluding steroid dienone is 2. The summed E-state index contributed by atoms with van der Waals surface area (Å²) in [5.74, 6) is -0.187. The molecule has 2 heteroatoms. The van der Waals surface area contributed by atoms with Crippen LogP contribution in [-0.2, 0) is 0 Å². The highest BCUT2D eigenvalue weighted by molar-refractivity contribution is 5.11. The van der Waals surface area contributed by atoms with Gasteiger partial charge in [-0.25, -0.2) is 0 Å². The topological polar surface area (TPSA) is 46.2 Å². The maximum absolute atomic E-state index is 8.30. The van der Waals surface area contributed by atoms with Gasteiger partial charge in [0.05, 0.1) is 0 Å². The first-order chi connectivity index (χ1) is 4.13. The van der Waals surface area contributed by atoms with Crippen molar-refractivity contribution in [3.8, 4) is 0 Å². The Morgan fingerprint density at radius 3 is 1.89 bits per heavy atom. The molecule has 0 aliphatic carbocycles. The number of rotatable bonds is 1. The number of aliphatic hydroxyl groups is 1. The molecule has 0 aromatic heterocycles. The van der Waals surface area contributed by atoms with Crippen molar-refractivity contribution in [2.24, 2.45) is 5.73 Å². The largest absolute Gasteiger partial charge is 0.495 e. The molecule has 0 aliphatic rings. The summed E-state index contributed by atoms with van der Waals surface area (Å²) in [6, 6.07) is 0. The van der Waals surface area contributed by atoms with E-state index in [0.29, 0.717) is 0 Å². The average Bonchev–Trinajstić information content (AvgIpc) is 1.68. The first-order valence-electron chi connectivity index (χ1n) is 2.94. The van der Waals surface area contributed by atoms with E-state index in [1.165, 1.54) is 6.08 Å². The molecule has 54 valence electrons. The maximum Gasteiger partial charge on any atom is 0.181 e. The molecular weight excluding hydrogens is 114 g/mol. The summed E-state index contributed by atoms with van der Waals surface area (Å²) in [6.07, 6.45) is 1.39. The van der Waals surface area contributed by atoms with Gasteiger partial charge in [-0.2, -0.15) is 0 Å². The maximum atomic E-state index is 8.30. The van der Waals surface area contributed by atoms with Crippen LogP contribution in [0.5, 0.6) is 0 Å². The van der Waals surface area contributed by atoms with Gasteiger partial charge in [0.2, 0.25) is 0 Å². The molecule has 0 aliphatic heterocycles. The van der Waals surface area contributed by atoms with E-state index in [2.05, 4.69) is 6.58 Å². The smallest absolute Gasteiger partial charge is 0.181 e. The Labute approximate surface area is 56.7 Å². The second-order valence-electron chi connectivity index (χ2n) is 1.42. The Kier molecular flexibility index (Phi) is 8.62. The predicted molar refractivity (Wildman–Crippen MR) is 41.1 cm³/mol. The lowest BCUT2D eigenvalue weighted by Gasteiger charge is -1.85. The first-order valence-corrected chi connectivity index (χ1v) is 2.94. The van der Waals surface area contributed by atoms with Gasteiger partial charge in [0.1, 0.15) is 0 Å². The van der Waals surface area contributed by atoms with Gasteiger partial charge in [-0.1, -0.05) is 26.0 Å². The van der Waals surface area contributed by atoms with E-state index >= 15 is 0 Å². The van der Waals surface area contributed by atoms with Gasteiger partial charge in [0.25, 0.3) is 0 Å². The third-order valence-corrected chi connectivity index (χ3v) is 0.394. The molecule has 0 aromatic rings. The van der Waals surface area contributed by atoms with Crippen LogP contribution in [0.4, 0.5) is 0 Å². The third-order valence-electron chi connectivity index (χ3n) is 0.394. The normalized spacial score (nSPS) is 9.44. The average molecular weight is 129 g/mol. The van der Waals surface area contributed by atoms with Gasteiger partial charge in [-0.3, -0.25) is 0 Å². The Morgan fingerprint density at radius 2 is 1.89 bits per heavy atom. The lowest BCUT2D eigenvalue weighted by atomic mass is 10.3. The second kappa shape index (κ2) is 7.08. The van der Waals surface area contributed by atoms with E-state index < -0.39 is 0 Å². The molecule has 0 amide bonds. The van der Waals surface area contributed by atoms with Crippen molar-refractivity contribution in [2.45, 2.75) is 20.8 Å². The monoisotopic (exact) mass is 129 g/mol. The zero-order valence-electron chi connectivity index (χ0n) is 6.31. The number of aliphatic hydroxyl groups excluding tert-OH is 1. The molecule has 0 spiro atoms.